The largest absolute Gasteiger partial charge is 0.335 e. The maximum atomic E-state index is 13.2. The fourth-order valence-electron chi connectivity index (χ4n) is 4.53. The number of aromatic amines is 1. The predicted octanol–water partition coefficient (Wildman–Crippen LogP) is 4.21. The number of aryl methyl sites for hydroxylation is 2. The molecule has 30 heavy (non-hydrogen) atoms. The van der Waals surface area contributed by atoms with Crippen molar-refractivity contribution in [3.8, 4) is 0 Å². The van der Waals surface area contributed by atoms with Gasteiger partial charge in [-0.3, -0.25) is 9.59 Å². The number of carbonyl (C=O) groups excluding carboxylic acids is 1. The number of halogens is 1. The van der Waals surface area contributed by atoms with E-state index in [-0.39, 0.29) is 23.3 Å². The molecule has 1 N–H and O–H groups in total. The van der Waals surface area contributed by atoms with Crippen LogP contribution in [0.15, 0.2) is 29.1 Å². The third-order valence-electron chi connectivity index (χ3n) is 5.92. The molecule has 3 aromatic rings. The Balaban J connectivity index is 1.24. The van der Waals surface area contributed by atoms with Crippen LogP contribution in [0.5, 0.6) is 0 Å². The molecule has 156 valence electrons. The van der Waals surface area contributed by atoms with Crippen LogP contribution in [0.4, 0.5) is 4.39 Å². The topological polar surface area (TPSA) is 66.1 Å². The maximum Gasteiger partial charge on any atom is 0.259 e. The summed E-state index contributed by atoms with van der Waals surface area (Å²) in [6, 6.07) is 6.44. The Morgan fingerprint density at radius 2 is 2.10 bits per heavy atom. The standard InChI is InChI=1S/C22H22FN3O2S2/c23-14-8-6-13(7-9-14)16-4-2-10-26(16)19(27)12-29-11-18-24-21(28)20-15-3-1-5-17(15)30-22(20)25-18/h6-9,16H,1-5,10-12H2,(H,24,25,28). The van der Waals surface area contributed by atoms with Gasteiger partial charge < -0.3 is 9.88 Å². The Labute approximate surface area is 181 Å². The Kier molecular flexibility index (Phi) is 5.37. The molecule has 2 aliphatic rings. The van der Waals surface area contributed by atoms with Gasteiger partial charge in [0.1, 0.15) is 16.5 Å². The van der Waals surface area contributed by atoms with Crippen molar-refractivity contribution < 1.29 is 9.18 Å². The molecule has 1 saturated heterocycles. The van der Waals surface area contributed by atoms with E-state index in [0.717, 1.165) is 54.4 Å². The number of carbonyl (C=O) groups is 1. The minimum Gasteiger partial charge on any atom is -0.335 e. The van der Waals surface area contributed by atoms with Gasteiger partial charge in [-0.05, 0) is 55.4 Å². The van der Waals surface area contributed by atoms with Gasteiger partial charge in [0.15, 0.2) is 0 Å². The number of nitrogens with one attached hydrogen (secondary N) is 1. The smallest absolute Gasteiger partial charge is 0.259 e. The average Bonchev–Trinajstić information content (AvgIpc) is 3.44. The number of thiophene rings is 1. The molecule has 1 atom stereocenters. The van der Waals surface area contributed by atoms with Gasteiger partial charge in [0.25, 0.3) is 5.56 Å². The predicted molar refractivity (Wildman–Crippen MR) is 119 cm³/mol. The first-order valence-electron chi connectivity index (χ1n) is 10.3. The van der Waals surface area contributed by atoms with Crippen molar-refractivity contribution >= 4 is 39.2 Å². The van der Waals surface area contributed by atoms with Crippen molar-refractivity contribution in [2.45, 2.75) is 43.9 Å². The van der Waals surface area contributed by atoms with Gasteiger partial charge in [0.05, 0.1) is 22.9 Å². The number of rotatable bonds is 5. The summed E-state index contributed by atoms with van der Waals surface area (Å²) in [6.45, 7) is 0.725. The summed E-state index contributed by atoms with van der Waals surface area (Å²) in [7, 11) is 0. The maximum absolute atomic E-state index is 13.2. The van der Waals surface area contributed by atoms with E-state index in [9.17, 15) is 14.0 Å². The molecule has 5 rings (SSSR count). The number of aromatic nitrogens is 2. The second-order valence-electron chi connectivity index (χ2n) is 7.84. The molecule has 0 saturated carbocycles. The van der Waals surface area contributed by atoms with Crippen LogP contribution >= 0.6 is 23.1 Å². The van der Waals surface area contributed by atoms with Crippen LogP contribution in [-0.4, -0.2) is 33.1 Å². The van der Waals surface area contributed by atoms with E-state index in [0.29, 0.717) is 17.3 Å². The average molecular weight is 444 g/mol. The first-order chi connectivity index (χ1) is 14.6. The van der Waals surface area contributed by atoms with Crippen LogP contribution in [0.1, 0.15) is 47.1 Å². The van der Waals surface area contributed by atoms with Crippen molar-refractivity contribution in [1.82, 2.24) is 14.9 Å². The van der Waals surface area contributed by atoms with Crippen molar-refractivity contribution in [3.05, 3.63) is 62.3 Å². The van der Waals surface area contributed by atoms with E-state index < -0.39 is 0 Å². The van der Waals surface area contributed by atoms with Gasteiger partial charge in [0.2, 0.25) is 5.91 Å². The lowest BCUT2D eigenvalue weighted by Gasteiger charge is -2.25. The van der Waals surface area contributed by atoms with Gasteiger partial charge in [-0.25, -0.2) is 9.37 Å². The highest BCUT2D eigenvalue weighted by Crippen LogP contribution is 2.35. The Morgan fingerprint density at radius 3 is 2.93 bits per heavy atom. The summed E-state index contributed by atoms with van der Waals surface area (Å²) in [5.74, 6) is 1.27. The molecule has 5 nitrogen and oxygen atoms in total. The fraction of sp³-hybridized carbons (Fsp3) is 0.409. The number of likely N-dealkylation sites (tertiary alicyclic amines) is 1. The van der Waals surface area contributed by atoms with E-state index in [2.05, 4.69) is 9.97 Å². The van der Waals surface area contributed by atoms with Crippen LogP contribution in [0.3, 0.4) is 0 Å². The molecular weight excluding hydrogens is 421 g/mol. The first-order valence-corrected chi connectivity index (χ1v) is 12.2. The number of thioether (sulfide) groups is 1. The van der Waals surface area contributed by atoms with Crippen molar-refractivity contribution in [3.63, 3.8) is 0 Å². The highest BCUT2D eigenvalue weighted by atomic mass is 32.2. The molecule has 1 amide bonds. The zero-order chi connectivity index (χ0) is 20.7. The molecule has 0 spiro atoms. The molecule has 3 heterocycles. The molecule has 1 aliphatic heterocycles. The molecular formula is C22H22FN3O2S2. The number of hydrogen-bond acceptors (Lipinski definition) is 5. The molecule has 1 unspecified atom stereocenters. The lowest BCUT2D eigenvalue weighted by molar-refractivity contribution is -0.129. The molecule has 1 fully saturated rings. The number of nitrogens with zero attached hydrogens (tertiary/aromatic N) is 2. The zero-order valence-electron chi connectivity index (χ0n) is 16.4. The SMILES string of the molecule is O=C(CSCc1nc2sc3c(c2c(=O)[nH]1)CCC3)N1CCCC1c1ccc(F)cc1. The van der Waals surface area contributed by atoms with Crippen LogP contribution in [0.2, 0.25) is 0 Å². The second kappa shape index (κ2) is 8.15. The number of amides is 1. The Morgan fingerprint density at radius 1 is 1.27 bits per heavy atom. The van der Waals surface area contributed by atoms with Gasteiger partial charge in [-0.15, -0.1) is 23.1 Å². The third-order valence-corrected chi connectivity index (χ3v) is 8.03. The van der Waals surface area contributed by atoms with Crippen LogP contribution in [0.25, 0.3) is 10.2 Å². The Bertz CT molecular complexity index is 1160. The zero-order valence-corrected chi connectivity index (χ0v) is 18.1. The number of benzene rings is 1. The van der Waals surface area contributed by atoms with Crippen molar-refractivity contribution in [2.24, 2.45) is 0 Å². The number of H-pyrrole nitrogens is 1. The second-order valence-corrected chi connectivity index (χ2v) is 9.91. The number of fused-ring (bicyclic) bond motifs is 3. The van der Waals surface area contributed by atoms with E-state index in [1.807, 2.05) is 4.90 Å². The van der Waals surface area contributed by atoms with Gasteiger partial charge in [0, 0.05) is 11.4 Å². The van der Waals surface area contributed by atoms with E-state index in [1.165, 1.54) is 34.3 Å². The molecule has 1 aromatic carbocycles. The highest BCUT2D eigenvalue weighted by molar-refractivity contribution is 7.99. The molecule has 0 bridgehead atoms. The Hall–Kier alpha value is -2.19. The van der Waals surface area contributed by atoms with Crippen LogP contribution < -0.4 is 5.56 Å². The summed E-state index contributed by atoms with van der Waals surface area (Å²) in [6.07, 6.45) is 4.97. The highest BCUT2D eigenvalue weighted by Gasteiger charge is 2.29. The van der Waals surface area contributed by atoms with E-state index in [4.69, 9.17) is 0 Å². The van der Waals surface area contributed by atoms with Crippen LogP contribution in [-0.2, 0) is 23.4 Å². The monoisotopic (exact) mass is 443 g/mol. The third kappa shape index (κ3) is 3.67. The quantitative estimate of drug-likeness (QED) is 0.642. The summed E-state index contributed by atoms with van der Waals surface area (Å²) >= 11 is 3.10. The van der Waals surface area contributed by atoms with E-state index in [1.54, 1.807) is 23.5 Å². The van der Waals surface area contributed by atoms with Gasteiger partial charge >= 0.3 is 0 Å². The number of hydrogen-bond donors (Lipinski definition) is 1. The van der Waals surface area contributed by atoms with Gasteiger partial charge in [-0.2, -0.15) is 0 Å². The lowest BCUT2D eigenvalue weighted by atomic mass is 10.0. The summed E-state index contributed by atoms with van der Waals surface area (Å²) in [4.78, 5) is 36.9. The van der Waals surface area contributed by atoms with Crippen LogP contribution in [0, 0.1) is 5.82 Å². The summed E-state index contributed by atoms with van der Waals surface area (Å²) in [5, 5.41) is 0.761. The van der Waals surface area contributed by atoms with Crippen molar-refractivity contribution in [1.29, 1.82) is 0 Å². The molecule has 2 aromatic heterocycles. The molecule has 8 heteroatoms. The first kappa shape index (κ1) is 19.8. The summed E-state index contributed by atoms with van der Waals surface area (Å²) < 4.78 is 13.2. The van der Waals surface area contributed by atoms with Gasteiger partial charge in [-0.1, -0.05) is 12.1 Å². The minimum absolute atomic E-state index is 0.0153. The normalized spacial score (nSPS) is 18.3. The lowest BCUT2D eigenvalue weighted by Crippen LogP contribution is -2.32. The van der Waals surface area contributed by atoms with Crippen molar-refractivity contribution in [2.75, 3.05) is 12.3 Å². The fourth-order valence-corrected chi connectivity index (χ4v) is 6.58. The molecule has 0 radical (unpaired) electrons. The summed E-state index contributed by atoms with van der Waals surface area (Å²) in [5.41, 5.74) is 2.10. The molecule has 1 aliphatic carbocycles. The van der Waals surface area contributed by atoms with E-state index >= 15 is 0 Å². The minimum atomic E-state index is -0.264.